The molecule has 1 rings (SSSR count). The smallest absolute Gasteiger partial charge is 0.387 e. The van der Waals surface area contributed by atoms with Crippen molar-refractivity contribution in [3.63, 3.8) is 0 Å². The van der Waals surface area contributed by atoms with Crippen LogP contribution in [0.5, 0.6) is 5.75 Å². The fourth-order valence-electron chi connectivity index (χ4n) is 0.738. The van der Waals surface area contributed by atoms with Gasteiger partial charge < -0.3 is 4.74 Å². The molecule has 1 aromatic heterocycles. The second-order valence-electron chi connectivity index (χ2n) is 2.14. The van der Waals surface area contributed by atoms with Gasteiger partial charge in [0.25, 0.3) is 0 Å². The van der Waals surface area contributed by atoms with Crippen molar-refractivity contribution < 1.29 is 22.7 Å². The van der Waals surface area contributed by atoms with Gasteiger partial charge in [-0.1, -0.05) is 11.6 Å². The Morgan fingerprint density at radius 3 is 2.71 bits per heavy atom. The van der Waals surface area contributed by atoms with Crippen molar-refractivity contribution in [2.75, 3.05) is 0 Å². The van der Waals surface area contributed by atoms with Gasteiger partial charge >= 0.3 is 6.61 Å². The summed E-state index contributed by atoms with van der Waals surface area (Å²) >= 11 is 5.21. The van der Waals surface area contributed by atoms with E-state index in [1.54, 1.807) is 0 Å². The van der Waals surface area contributed by atoms with Crippen LogP contribution in [0.1, 0.15) is 10.5 Å². The van der Waals surface area contributed by atoms with Crippen LogP contribution in [0.15, 0.2) is 6.07 Å². The summed E-state index contributed by atoms with van der Waals surface area (Å²) in [6.07, 6.45) is 0.142. The number of aldehydes is 1. The number of carbonyl (C=O) groups excluding carboxylic acids is 1. The topological polar surface area (TPSA) is 39.2 Å². The molecule has 0 aliphatic rings. The van der Waals surface area contributed by atoms with Crippen LogP contribution >= 0.6 is 11.6 Å². The van der Waals surface area contributed by atoms with Crippen LogP contribution in [0.3, 0.4) is 0 Å². The van der Waals surface area contributed by atoms with Gasteiger partial charge in [0.2, 0.25) is 0 Å². The van der Waals surface area contributed by atoms with Gasteiger partial charge in [-0.15, -0.1) is 0 Å². The maximum Gasteiger partial charge on any atom is 0.387 e. The minimum atomic E-state index is -3.16. The second kappa shape index (κ2) is 4.28. The Bertz CT molecular complexity index is 359. The van der Waals surface area contributed by atoms with E-state index in [0.717, 1.165) is 0 Å². The summed E-state index contributed by atoms with van der Waals surface area (Å²) in [5, 5.41) is -0.575. The standard InChI is InChI=1S/C7H3ClF3NO2/c8-6-3(9)1-5(14-7(10)11)4(2-13)12-6/h1-2,7H. The van der Waals surface area contributed by atoms with Crippen LogP contribution in [0.2, 0.25) is 5.15 Å². The van der Waals surface area contributed by atoms with E-state index in [2.05, 4.69) is 9.72 Å². The first-order valence-electron chi connectivity index (χ1n) is 3.30. The first kappa shape index (κ1) is 10.8. The maximum atomic E-state index is 12.7. The summed E-state index contributed by atoms with van der Waals surface area (Å²) in [6.45, 7) is -3.16. The normalized spacial score (nSPS) is 10.4. The quantitative estimate of drug-likeness (QED) is 0.585. The van der Waals surface area contributed by atoms with Crippen LogP contribution in [0, 0.1) is 5.82 Å². The summed E-state index contributed by atoms with van der Waals surface area (Å²) in [7, 11) is 0. The van der Waals surface area contributed by atoms with E-state index >= 15 is 0 Å². The largest absolute Gasteiger partial charge is 0.432 e. The molecule has 0 amide bonds. The van der Waals surface area contributed by atoms with Gasteiger partial charge in [0, 0.05) is 6.07 Å². The van der Waals surface area contributed by atoms with Crippen LogP contribution in [0.25, 0.3) is 0 Å². The molecule has 0 N–H and O–H groups in total. The van der Waals surface area contributed by atoms with Gasteiger partial charge in [0.1, 0.15) is 5.69 Å². The monoisotopic (exact) mass is 225 g/mol. The van der Waals surface area contributed by atoms with Gasteiger partial charge in [-0.25, -0.2) is 9.37 Å². The second-order valence-corrected chi connectivity index (χ2v) is 2.50. The lowest BCUT2D eigenvalue weighted by Crippen LogP contribution is -2.06. The zero-order chi connectivity index (χ0) is 10.7. The third kappa shape index (κ3) is 2.35. The summed E-state index contributed by atoms with van der Waals surface area (Å²) in [4.78, 5) is 13.5. The van der Waals surface area contributed by atoms with Gasteiger partial charge in [0.15, 0.2) is 23.0 Å². The molecule has 76 valence electrons. The molecule has 1 aromatic rings. The van der Waals surface area contributed by atoms with Crippen molar-refractivity contribution in [1.29, 1.82) is 0 Å². The molecule has 1 heterocycles. The van der Waals surface area contributed by atoms with E-state index in [1.165, 1.54) is 0 Å². The zero-order valence-electron chi connectivity index (χ0n) is 6.51. The number of hydrogen-bond acceptors (Lipinski definition) is 3. The summed E-state index contributed by atoms with van der Waals surface area (Å²) < 4.78 is 40.1. The summed E-state index contributed by atoms with van der Waals surface area (Å²) in [6, 6.07) is 0.575. The van der Waals surface area contributed by atoms with E-state index < -0.39 is 29.0 Å². The minimum Gasteiger partial charge on any atom is -0.432 e. The van der Waals surface area contributed by atoms with Crippen molar-refractivity contribution in [3.05, 3.63) is 22.7 Å². The first-order chi connectivity index (χ1) is 6.54. The Morgan fingerprint density at radius 2 is 2.21 bits per heavy atom. The Morgan fingerprint density at radius 1 is 1.57 bits per heavy atom. The van der Waals surface area contributed by atoms with E-state index in [0.29, 0.717) is 6.07 Å². The molecular weight excluding hydrogens is 223 g/mol. The van der Waals surface area contributed by atoms with Crippen LogP contribution in [-0.2, 0) is 0 Å². The molecule has 0 aliphatic heterocycles. The minimum absolute atomic E-state index is 0.142. The number of carbonyl (C=O) groups is 1. The Kier molecular flexibility index (Phi) is 3.29. The highest BCUT2D eigenvalue weighted by molar-refractivity contribution is 6.29. The molecule has 0 radical (unpaired) electrons. The molecule has 0 unspecified atom stereocenters. The van der Waals surface area contributed by atoms with Crippen LogP contribution in [-0.4, -0.2) is 17.9 Å². The predicted octanol–water partition coefficient (Wildman–Crippen LogP) is 2.29. The van der Waals surface area contributed by atoms with E-state index in [9.17, 15) is 18.0 Å². The highest BCUT2D eigenvalue weighted by atomic mass is 35.5. The number of ether oxygens (including phenoxy) is 1. The van der Waals surface area contributed by atoms with Crippen LogP contribution in [0.4, 0.5) is 13.2 Å². The number of halogens is 4. The molecule has 0 aromatic carbocycles. The Balaban J connectivity index is 3.13. The maximum absolute atomic E-state index is 12.7. The molecular formula is C7H3ClF3NO2. The molecule has 7 heteroatoms. The van der Waals surface area contributed by atoms with E-state index in [1.807, 2.05) is 0 Å². The number of rotatable bonds is 3. The number of aromatic nitrogens is 1. The molecule has 14 heavy (non-hydrogen) atoms. The fraction of sp³-hybridized carbons (Fsp3) is 0.143. The van der Waals surface area contributed by atoms with Crippen molar-refractivity contribution in [3.8, 4) is 5.75 Å². The lowest BCUT2D eigenvalue weighted by molar-refractivity contribution is -0.0504. The van der Waals surface area contributed by atoms with Gasteiger partial charge in [0.05, 0.1) is 0 Å². The molecule has 0 bridgehead atoms. The molecule has 0 saturated heterocycles. The average Bonchev–Trinajstić information content (AvgIpc) is 2.10. The number of hydrogen-bond donors (Lipinski definition) is 0. The van der Waals surface area contributed by atoms with E-state index in [4.69, 9.17) is 11.6 Å². The highest BCUT2D eigenvalue weighted by Crippen LogP contribution is 2.22. The zero-order valence-corrected chi connectivity index (χ0v) is 7.26. The molecule has 0 spiro atoms. The lowest BCUT2D eigenvalue weighted by atomic mass is 10.3. The summed E-state index contributed by atoms with van der Waals surface area (Å²) in [5.41, 5.74) is -0.475. The fourth-order valence-corrected chi connectivity index (χ4v) is 0.883. The number of nitrogens with zero attached hydrogens (tertiary/aromatic N) is 1. The van der Waals surface area contributed by atoms with Gasteiger partial charge in [-0.2, -0.15) is 8.78 Å². The molecule has 0 atom stereocenters. The highest BCUT2D eigenvalue weighted by Gasteiger charge is 2.14. The van der Waals surface area contributed by atoms with Crippen molar-refractivity contribution in [1.82, 2.24) is 4.98 Å². The Hall–Kier alpha value is -1.30. The van der Waals surface area contributed by atoms with Crippen molar-refractivity contribution >= 4 is 17.9 Å². The van der Waals surface area contributed by atoms with Crippen molar-refractivity contribution in [2.24, 2.45) is 0 Å². The average molecular weight is 226 g/mol. The molecule has 0 fully saturated rings. The van der Waals surface area contributed by atoms with Crippen LogP contribution < -0.4 is 4.74 Å². The third-order valence-corrected chi connectivity index (χ3v) is 1.52. The number of alkyl halides is 2. The van der Waals surface area contributed by atoms with Gasteiger partial charge in [-0.05, 0) is 0 Å². The SMILES string of the molecule is O=Cc1nc(Cl)c(F)cc1OC(F)F. The number of pyridine rings is 1. The van der Waals surface area contributed by atoms with E-state index in [-0.39, 0.29) is 6.29 Å². The predicted molar refractivity (Wildman–Crippen MR) is 41.2 cm³/mol. The summed E-state index contributed by atoms with van der Waals surface area (Å²) in [5.74, 6) is -1.68. The van der Waals surface area contributed by atoms with Crippen molar-refractivity contribution in [2.45, 2.75) is 6.61 Å². The first-order valence-corrected chi connectivity index (χ1v) is 3.68. The molecule has 0 saturated carbocycles. The molecule has 0 aliphatic carbocycles. The third-order valence-electron chi connectivity index (χ3n) is 1.25. The molecule has 3 nitrogen and oxygen atoms in total. The lowest BCUT2D eigenvalue weighted by Gasteiger charge is -2.06. The van der Waals surface area contributed by atoms with Gasteiger partial charge in [-0.3, -0.25) is 4.79 Å². The Labute approximate surface area is 81.5 Å².